The van der Waals surface area contributed by atoms with E-state index >= 15 is 0 Å². The van der Waals surface area contributed by atoms with Crippen molar-refractivity contribution in [3.63, 3.8) is 0 Å². The Hall–Kier alpha value is -5.19. The van der Waals surface area contributed by atoms with E-state index in [4.69, 9.17) is 14.2 Å². The summed E-state index contributed by atoms with van der Waals surface area (Å²) in [7, 11) is 0. The molecule has 1 atom stereocenters. The highest BCUT2D eigenvalue weighted by Crippen LogP contribution is 2.34. The summed E-state index contributed by atoms with van der Waals surface area (Å²) in [6, 6.07) is 18.1. The molecule has 11 nitrogen and oxygen atoms in total. The van der Waals surface area contributed by atoms with E-state index < -0.39 is 6.03 Å². The lowest BCUT2D eigenvalue weighted by Gasteiger charge is -2.14. The van der Waals surface area contributed by atoms with E-state index in [2.05, 4.69) is 30.7 Å². The predicted octanol–water partition coefficient (Wildman–Crippen LogP) is 4.38. The molecule has 0 saturated carbocycles. The maximum absolute atomic E-state index is 12.7. The quantitative estimate of drug-likeness (QED) is 0.331. The normalized spacial score (nSPS) is 12.8. The van der Waals surface area contributed by atoms with Gasteiger partial charge in [0.2, 0.25) is 6.79 Å². The Bertz CT molecular complexity index is 1610. The van der Waals surface area contributed by atoms with Crippen LogP contribution >= 0.6 is 0 Å². The Morgan fingerprint density at radius 1 is 1.08 bits per heavy atom. The molecule has 190 valence electrons. The number of pyridine rings is 1. The number of nitrogens with one attached hydrogen (secondary N) is 2. The lowest BCUT2D eigenvalue weighted by Crippen LogP contribution is -2.31. The zero-order valence-electron chi connectivity index (χ0n) is 20.4. The number of nitrogens with zero attached hydrogens (tertiary/aromatic N) is 5. The Labute approximate surface area is 217 Å². The van der Waals surface area contributed by atoms with Crippen LogP contribution in [-0.4, -0.2) is 37.4 Å². The third-order valence-electron chi connectivity index (χ3n) is 5.97. The lowest BCUT2D eigenvalue weighted by atomic mass is 10.1. The number of aromatic nitrogens is 5. The van der Waals surface area contributed by atoms with Gasteiger partial charge in [0, 0.05) is 29.7 Å². The van der Waals surface area contributed by atoms with Crippen LogP contribution in [0.5, 0.6) is 17.2 Å². The molecule has 11 heteroatoms. The Kier molecular flexibility index (Phi) is 6.14. The van der Waals surface area contributed by atoms with Crippen LogP contribution in [0.2, 0.25) is 0 Å². The highest BCUT2D eigenvalue weighted by atomic mass is 16.7. The fraction of sp³-hybridized carbons (Fsp3) is 0.148. The van der Waals surface area contributed by atoms with Gasteiger partial charge in [-0.05, 0) is 48.9 Å². The second-order valence-corrected chi connectivity index (χ2v) is 8.59. The van der Waals surface area contributed by atoms with Crippen molar-refractivity contribution in [2.24, 2.45) is 0 Å². The summed E-state index contributed by atoms with van der Waals surface area (Å²) in [5.41, 5.74) is 3.46. The fourth-order valence-corrected chi connectivity index (χ4v) is 4.06. The van der Waals surface area contributed by atoms with Gasteiger partial charge in [0.25, 0.3) is 11.7 Å². The van der Waals surface area contributed by atoms with Crippen LogP contribution in [0.1, 0.15) is 24.1 Å². The van der Waals surface area contributed by atoms with Crippen molar-refractivity contribution in [2.45, 2.75) is 19.6 Å². The second-order valence-electron chi connectivity index (χ2n) is 8.59. The summed E-state index contributed by atoms with van der Waals surface area (Å²) in [6.45, 7) is 2.47. The van der Waals surface area contributed by atoms with Crippen molar-refractivity contribution in [2.75, 3.05) is 12.1 Å². The highest BCUT2D eigenvalue weighted by Gasteiger charge is 2.18. The minimum absolute atomic E-state index is 0.129. The first-order valence-electron chi connectivity index (χ1n) is 11.9. The van der Waals surface area contributed by atoms with Gasteiger partial charge >= 0.3 is 6.03 Å². The summed E-state index contributed by atoms with van der Waals surface area (Å²) in [5.74, 6) is 2.52. The third-order valence-corrected chi connectivity index (χ3v) is 5.97. The summed E-state index contributed by atoms with van der Waals surface area (Å²) in [4.78, 5) is 25.4. The molecule has 0 saturated heterocycles. The van der Waals surface area contributed by atoms with E-state index in [1.807, 2.05) is 67.6 Å². The van der Waals surface area contributed by atoms with E-state index in [1.54, 1.807) is 23.1 Å². The lowest BCUT2D eigenvalue weighted by molar-refractivity contribution is 0.174. The first-order chi connectivity index (χ1) is 18.6. The molecule has 5 aromatic rings. The van der Waals surface area contributed by atoms with Gasteiger partial charge in [0.15, 0.2) is 11.5 Å². The van der Waals surface area contributed by atoms with E-state index in [9.17, 15) is 4.79 Å². The highest BCUT2D eigenvalue weighted by molar-refractivity contribution is 5.87. The summed E-state index contributed by atoms with van der Waals surface area (Å²) < 4.78 is 18.3. The third kappa shape index (κ3) is 4.89. The summed E-state index contributed by atoms with van der Waals surface area (Å²) >= 11 is 0. The minimum atomic E-state index is -0.446. The smallest absolute Gasteiger partial charge is 0.322 e. The largest absolute Gasteiger partial charge is 0.489 e. The predicted molar refractivity (Wildman–Crippen MR) is 138 cm³/mol. The number of fused-ring (bicyclic) bond motifs is 2. The molecular formula is C27H23N7O4. The molecule has 4 heterocycles. The molecule has 0 bridgehead atoms. The van der Waals surface area contributed by atoms with E-state index in [-0.39, 0.29) is 18.8 Å². The number of carbonyl (C=O) groups excluding carboxylic acids is 1. The van der Waals surface area contributed by atoms with Crippen molar-refractivity contribution >= 4 is 17.8 Å². The molecule has 0 spiro atoms. The van der Waals surface area contributed by atoms with Gasteiger partial charge in [0.1, 0.15) is 12.4 Å². The van der Waals surface area contributed by atoms with E-state index in [1.165, 1.54) is 0 Å². The average Bonchev–Trinajstić information content (AvgIpc) is 3.58. The van der Waals surface area contributed by atoms with Crippen molar-refractivity contribution < 1.29 is 19.0 Å². The first-order valence-corrected chi connectivity index (χ1v) is 11.9. The van der Waals surface area contributed by atoms with Gasteiger partial charge in [-0.2, -0.15) is 9.50 Å². The zero-order valence-corrected chi connectivity index (χ0v) is 20.4. The maximum Gasteiger partial charge on any atom is 0.322 e. The molecule has 1 unspecified atom stereocenters. The van der Waals surface area contributed by atoms with Crippen LogP contribution < -0.4 is 24.8 Å². The van der Waals surface area contributed by atoms with Gasteiger partial charge in [-0.3, -0.25) is 10.3 Å². The summed E-state index contributed by atoms with van der Waals surface area (Å²) in [6.07, 6.45) is 5.14. The molecule has 1 aliphatic heterocycles. The molecule has 38 heavy (non-hydrogen) atoms. The Balaban J connectivity index is 1.16. The molecule has 2 aromatic carbocycles. The van der Waals surface area contributed by atoms with Crippen molar-refractivity contribution in [1.29, 1.82) is 0 Å². The molecule has 2 amide bonds. The average molecular weight is 510 g/mol. The number of carbonyl (C=O) groups is 1. The molecule has 1 aliphatic rings. The monoisotopic (exact) mass is 509 g/mol. The van der Waals surface area contributed by atoms with Crippen LogP contribution in [0.4, 0.5) is 10.7 Å². The molecule has 0 aliphatic carbocycles. The van der Waals surface area contributed by atoms with Crippen molar-refractivity contribution in [3.05, 3.63) is 90.4 Å². The molecule has 2 N–H and O–H groups in total. The number of hydrogen-bond acceptors (Lipinski definition) is 8. The standard InChI is InChI=1S/C27H23N7O4/c1-17(19-7-8-23-24(13-19)38-16-37-23)30-27(35)32-25-31-26-29-11-9-22(34(26)33-25)20-5-2-6-21(12-20)36-15-18-4-3-10-28-14-18/h2-14,17H,15-16H2,1H3,(H2,30,32,33,35). The van der Waals surface area contributed by atoms with Gasteiger partial charge in [-0.1, -0.05) is 24.3 Å². The van der Waals surface area contributed by atoms with Gasteiger partial charge in [-0.15, -0.1) is 5.10 Å². The van der Waals surface area contributed by atoms with Crippen molar-refractivity contribution in [1.82, 2.24) is 29.9 Å². The van der Waals surface area contributed by atoms with Crippen LogP contribution in [-0.2, 0) is 6.61 Å². The number of anilines is 1. The van der Waals surface area contributed by atoms with Crippen LogP contribution in [0, 0.1) is 0 Å². The van der Waals surface area contributed by atoms with Crippen LogP contribution in [0.25, 0.3) is 17.0 Å². The van der Waals surface area contributed by atoms with E-state index in [0.29, 0.717) is 29.6 Å². The van der Waals surface area contributed by atoms with Gasteiger partial charge < -0.3 is 19.5 Å². The van der Waals surface area contributed by atoms with Crippen molar-refractivity contribution in [3.8, 4) is 28.5 Å². The number of rotatable bonds is 7. The second kappa shape index (κ2) is 10.1. The maximum atomic E-state index is 12.7. The molecule has 6 rings (SSSR count). The SMILES string of the molecule is CC(NC(=O)Nc1nc2nccc(-c3cccc(OCc4cccnc4)c3)n2n1)c1ccc2c(c1)OCO2. The molecule has 0 fully saturated rings. The summed E-state index contributed by atoms with van der Waals surface area (Å²) in [5, 5.41) is 10.0. The minimum Gasteiger partial charge on any atom is -0.489 e. The van der Waals surface area contributed by atoms with Gasteiger partial charge in [-0.25, -0.2) is 9.78 Å². The van der Waals surface area contributed by atoms with Crippen LogP contribution in [0.3, 0.4) is 0 Å². The molecular weight excluding hydrogens is 486 g/mol. The fourth-order valence-electron chi connectivity index (χ4n) is 4.06. The Morgan fingerprint density at radius 2 is 2.00 bits per heavy atom. The first kappa shape index (κ1) is 23.2. The number of hydrogen-bond donors (Lipinski definition) is 2. The van der Waals surface area contributed by atoms with Gasteiger partial charge in [0.05, 0.1) is 11.7 Å². The topological polar surface area (TPSA) is 125 Å². The molecule has 0 radical (unpaired) electrons. The number of ether oxygens (including phenoxy) is 3. The zero-order chi connectivity index (χ0) is 25.9. The number of amides is 2. The Morgan fingerprint density at radius 3 is 2.89 bits per heavy atom. The van der Waals surface area contributed by atoms with E-state index in [0.717, 1.165) is 22.4 Å². The van der Waals surface area contributed by atoms with Crippen LogP contribution in [0.15, 0.2) is 79.3 Å². The molecule has 3 aromatic heterocycles. The number of benzene rings is 2. The number of urea groups is 1.